The van der Waals surface area contributed by atoms with Crippen LogP contribution in [-0.2, 0) is 4.79 Å². The first-order valence-electron chi connectivity index (χ1n) is 5.84. The zero-order valence-corrected chi connectivity index (χ0v) is 12.3. The predicted octanol–water partition coefficient (Wildman–Crippen LogP) is 4.04. The molecule has 1 aromatic heterocycles. The van der Waals surface area contributed by atoms with E-state index in [2.05, 4.69) is 20.9 Å². The standard InChI is InChI=1S/C15H12BrNO3/c1-10-2-4-14(11(6-10)3-5-15(18)19)20-13-7-12(16)8-17-9-13/h2-9H,1H3,(H,18,19)/b5-3+. The summed E-state index contributed by atoms with van der Waals surface area (Å²) >= 11 is 3.32. The van der Waals surface area contributed by atoms with Crippen LogP contribution in [0.25, 0.3) is 6.08 Å². The highest BCUT2D eigenvalue weighted by Crippen LogP contribution is 2.28. The van der Waals surface area contributed by atoms with E-state index in [0.717, 1.165) is 16.1 Å². The van der Waals surface area contributed by atoms with Gasteiger partial charge in [0.25, 0.3) is 0 Å². The van der Waals surface area contributed by atoms with E-state index in [1.165, 1.54) is 6.08 Å². The first kappa shape index (κ1) is 14.3. The average Bonchev–Trinajstić information content (AvgIpc) is 2.39. The van der Waals surface area contributed by atoms with Gasteiger partial charge in [0.15, 0.2) is 0 Å². The van der Waals surface area contributed by atoms with Gasteiger partial charge in [0.1, 0.15) is 11.5 Å². The van der Waals surface area contributed by atoms with Crippen LogP contribution >= 0.6 is 15.9 Å². The highest BCUT2D eigenvalue weighted by Gasteiger charge is 2.04. The number of carbonyl (C=O) groups is 1. The second-order valence-corrected chi connectivity index (χ2v) is 5.07. The maximum atomic E-state index is 10.6. The summed E-state index contributed by atoms with van der Waals surface area (Å²) in [6, 6.07) is 7.36. The highest BCUT2D eigenvalue weighted by molar-refractivity contribution is 9.10. The highest BCUT2D eigenvalue weighted by atomic mass is 79.9. The Balaban J connectivity index is 2.33. The molecule has 5 heteroatoms. The molecular formula is C15H12BrNO3. The topological polar surface area (TPSA) is 59.4 Å². The summed E-state index contributed by atoms with van der Waals surface area (Å²) in [4.78, 5) is 14.6. The number of pyridine rings is 1. The zero-order valence-electron chi connectivity index (χ0n) is 10.7. The van der Waals surface area contributed by atoms with E-state index in [9.17, 15) is 4.79 Å². The van der Waals surface area contributed by atoms with Crippen molar-refractivity contribution in [1.82, 2.24) is 4.98 Å². The fraction of sp³-hybridized carbons (Fsp3) is 0.0667. The maximum absolute atomic E-state index is 10.6. The Morgan fingerprint density at radius 2 is 2.15 bits per heavy atom. The van der Waals surface area contributed by atoms with Crippen molar-refractivity contribution in [3.63, 3.8) is 0 Å². The van der Waals surface area contributed by atoms with Crippen molar-refractivity contribution in [2.24, 2.45) is 0 Å². The molecule has 0 saturated heterocycles. The van der Waals surface area contributed by atoms with E-state index in [-0.39, 0.29) is 0 Å². The number of halogens is 1. The van der Waals surface area contributed by atoms with Gasteiger partial charge in [0.2, 0.25) is 0 Å². The van der Waals surface area contributed by atoms with E-state index in [0.29, 0.717) is 17.1 Å². The Bertz CT molecular complexity index is 668. The smallest absolute Gasteiger partial charge is 0.328 e. The molecule has 1 heterocycles. The molecule has 0 aliphatic heterocycles. The minimum Gasteiger partial charge on any atom is -0.478 e. The number of benzene rings is 1. The van der Waals surface area contributed by atoms with Crippen molar-refractivity contribution < 1.29 is 14.6 Å². The van der Waals surface area contributed by atoms with Crippen molar-refractivity contribution >= 4 is 28.0 Å². The van der Waals surface area contributed by atoms with E-state index >= 15 is 0 Å². The molecule has 2 aromatic rings. The molecule has 20 heavy (non-hydrogen) atoms. The number of hydrogen-bond acceptors (Lipinski definition) is 3. The molecule has 0 fully saturated rings. The SMILES string of the molecule is Cc1ccc(Oc2cncc(Br)c2)c(/C=C/C(=O)O)c1. The summed E-state index contributed by atoms with van der Waals surface area (Å²) in [6.07, 6.45) is 5.85. The molecule has 0 aliphatic carbocycles. The van der Waals surface area contributed by atoms with Crippen LogP contribution in [-0.4, -0.2) is 16.1 Å². The third-order valence-electron chi connectivity index (χ3n) is 2.48. The van der Waals surface area contributed by atoms with Gasteiger partial charge in [0.05, 0.1) is 6.20 Å². The Hall–Kier alpha value is -2.14. The van der Waals surface area contributed by atoms with Gasteiger partial charge >= 0.3 is 5.97 Å². The lowest BCUT2D eigenvalue weighted by Crippen LogP contribution is -1.91. The Morgan fingerprint density at radius 1 is 1.35 bits per heavy atom. The average molecular weight is 334 g/mol. The van der Waals surface area contributed by atoms with Gasteiger partial charge in [-0.3, -0.25) is 4.98 Å². The molecule has 1 N–H and O–H groups in total. The molecule has 0 atom stereocenters. The van der Waals surface area contributed by atoms with Gasteiger partial charge < -0.3 is 9.84 Å². The lowest BCUT2D eigenvalue weighted by atomic mass is 10.1. The molecule has 1 aromatic carbocycles. The quantitative estimate of drug-likeness (QED) is 0.857. The normalized spacial score (nSPS) is 10.7. The van der Waals surface area contributed by atoms with E-state index in [4.69, 9.17) is 9.84 Å². The van der Waals surface area contributed by atoms with Crippen LogP contribution < -0.4 is 4.74 Å². The van der Waals surface area contributed by atoms with Crippen LogP contribution in [0.4, 0.5) is 0 Å². The minimum atomic E-state index is -0.999. The summed E-state index contributed by atoms with van der Waals surface area (Å²) in [5.41, 5.74) is 1.72. The van der Waals surface area contributed by atoms with Crippen LogP contribution in [0.15, 0.2) is 47.2 Å². The van der Waals surface area contributed by atoms with Crippen molar-refractivity contribution in [3.05, 3.63) is 58.3 Å². The third-order valence-corrected chi connectivity index (χ3v) is 2.91. The van der Waals surface area contributed by atoms with Gasteiger partial charge in [-0.15, -0.1) is 0 Å². The lowest BCUT2D eigenvalue weighted by Gasteiger charge is -2.09. The number of aryl methyl sites for hydroxylation is 1. The fourth-order valence-electron chi connectivity index (χ4n) is 1.63. The van der Waals surface area contributed by atoms with Crippen molar-refractivity contribution in [2.45, 2.75) is 6.92 Å². The maximum Gasteiger partial charge on any atom is 0.328 e. The second kappa shape index (κ2) is 6.34. The molecular weight excluding hydrogens is 322 g/mol. The van der Waals surface area contributed by atoms with Crippen molar-refractivity contribution in [3.8, 4) is 11.5 Å². The fourth-order valence-corrected chi connectivity index (χ4v) is 1.97. The van der Waals surface area contributed by atoms with Crippen LogP contribution in [0.5, 0.6) is 11.5 Å². The third kappa shape index (κ3) is 3.93. The van der Waals surface area contributed by atoms with Gasteiger partial charge in [0, 0.05) is 22.3 Å². The minimum absolute atomic E-state index is 0.577. The largest absolute Gasteiger partial charge is 0.478 e. The second-order valence-electron chi connectivity index (χ2n) is 4.15. The molecule has 0 bridgehead atoms. The van der Waals surface area contributed by atoms with Gasteiger partial charge in [-0.25, -0.2) is 4.79 Å². The van der Waals surface area contributed by atoms with E-state index in [1.807, 2.05) is 19.1 Å². The first-order chi connectivity index (χ1) is 9.54. The Morgan fingerprint density at radius 3 is 2.85 bits per heavy atom. The van der Waals surface area contributed by atoms with Crippen LogP contribution in [0, 0.1) is 6.92 Å². The number of carboxylic acid groups (broad SMARTS) is 1. The first-order valence-corrected chi connectivity index (χ1v) is 6.64. The van der Waals surface area contributed by atoms with Gasteiger partial charge in [-0.1, -0.05) is 11.6 Å². The summed E-state index contributed by atoms with van der Waals surface area (Å²) in [6.45, 7) is 1.93. The molecule has 102 valence electrons. The summed E-state index contributed by atoms with van der Waals surface area (Å²) in [7, 11) is 0. The molecule has 0 aliphatic rings. The van der Waals surface area contributed by atoms with E-state index in [1.54, 1.807) is 24.5 Å². The number of rotatable bonds is 4. The van der Waals surface area contributed by atoms with Crippen molar-refractivity contribution in [1.29, 1.82) is 0 Å². The number of ether oxygens (including phenoxy) is 1. The van der Waals surface area contributed by atoms with Gasteiger partial charge in [-0.05, 0) is 47.1 Å². The van der Waals surface area contributed by atoms with Gasteiger partial charge in [-0.2, -0.15) is 0 Å². The molecule has 0 spiro atoms. The number of nitrogens with zero attached hydrogens (tertiary/aromatic N) is 1. The Kier molecular flexibility index (Phi) is 4.53. The lowest BCUT2D eigenvalue weighted by molar-refractivity contribution is -0.131. The molecule has 0 unspecified atom stereocenters. The molecule has 2 rings (SSSR count). The monoisotopic (exact) mass is 333 g/mol. The van der Waals surface area contributed by atoms with Crippen molar-refractivity contribution in [2.75, 3.05) is 0 Å². The van der Waals surface area contributed by atoms with Crippen LogP contribution in [0.1, 0.15) is 11.1 Å². The summed E-state index contributed by atoms with van der Waals surface area (Å²) < 4.78 is 6.55. The number of hydrogen-bond donors (Lipinski definition) is 1. The summed E-state index contributed by atoms with van der Waals surface area (Å²) in [5.74, 6) is 0.155. The number of carboxylic acids is 1. The van der Waals surface area contributed by atoms with Crippen LogP contribution in [0.2, 0.25) is 0 Å². The molecule has 0 amide bonds. The van der Waals surface area contributed by atoms with Crippen LogP contribution in [0.3, 0.4) is 0 Å². The summed E-state index contributed by atoms with van der Waals surface area (Å²) in [5, 5.41) is 8.72. The molecule has 4 nitrogen and oxygen atoms in total. The number of aliphatic carboxylic acids is 1. The predicted molar refractivity (Wildman–Crippen MR) is 79.9 cm³/mol. The molecule has 0 radical (unpaired) electrons. The van der Waals surface area contributed by atoms with E-state index < -0.39 is 5.97 Å². The Labute approximate surface area is 124 Å². The zero-order chi connectivity index (χ0) is 14.5. The number of aromatic nitrogens is 1. The molecule has 0 saturated carbocycles.